The van der Waals surface area contributed by atoms with Gasteiger partial charge in [0, 0.05) is 25.7 Å². The van der Waals surface area contributed by atoms with Crippen LogP contribution in [0.25, 0.3) is 0 Å². The van der Waals surface area contributed by atoms with Gasteiger partial charge in [-0.1, -0.05) is 394 Å². The van der Waals surface area contributed by atoms with Gasteiger partial charge < -0.3 is 33.8 Å². The number of aliphatic hydroxyl groups excluding tert-OH is 1. The third kappa shape index (κ3) is 76.1. The van der Waals surface area contributed by atoms with Crippen molar-refractivity contribution in [3.05, 3.63) is 0 Å². The van der Waals surface area contributed by atoms with Crippen LogP contribution in [0.2, 0.25) is 0 Å². The molecule has 600 valence electrons. The number of aliphatic hydroxyl groups is 1. The lowest BCUT2D eigenvalue weighted by atomic mass is 10.0. The van der Waals surface area contributed by atoms with Crippen molar-refractivity contribution in [2.75, 3.05) is 39.6 Å². The van der Waals surface area contributed by atoms with Gasteiger partial charge in [-0.15, -0.1) is 0 Å². The Labute approximate surface area is 619 Å². The van der Waals surface area contributed by atoms with Crippen LogP contribution in [0.1, 0.15) is 445 Å². The Morgan fingerprint density at radius 2 is 0.396 bits per heavy atom. The van der Waals surface area contributed by atoms with E-state index in [1.54, 1.807) is 0 Å². The molecular weight excluding hydrogens is 1320 g/mol. The lowest BCUT2D eigenvalue weighted by molar-refractivity contribution is -0.161. The predicted molar refractivity (Wildman–Crippen MR) is 414 cm³/mol. The SMILES string of the molecule is CCCCCCCCCCCCCCCCCCCCC(=O)OC[C@H](COP(=O)(O)OC[C@@H](O)COP(=O)(O)OC[C@@H](COC(=O)CCCCCCCCCC)OC(=O)CCCCCCCCCCCCCCCCCCC)OC(=O)CCCCCCCCCCCCCCCCCCCC. The number of hydrogen-bond acceptors (Lipinski definition) is 15. The van der Waals surface area contributed by atoms with Gasteiger partial charge in [-0.3, -0.25) is 37.3 Å². The Morgan fingerprint density at radius 1 is 0.238 bits per heavy atom. The second-order valence-corrected chi connectivity index (χ2v) is 32.4. The van der Waals surface area contributed by atoms with E-state index >= 15 is 0 Å². The van der Waals surface area contributed by atoms with E-state index in [9.17, 15) is 43.2 Å². The third-order valence-electron chi connectivity index (χ3n) is 19.4. The molecule has 0 fully saturated rings. The molecule has 19 heteroatoms. The highest BCUT2D eigenvalue weighted by atomic mass is 31.2. The first-order chi connectivity index (χ1) is 49.2. The molecule has 0 rings (SSSR count). The summed E-state index contributed by atoms with van der Waals surface area (Å²) in [7, 11) is -9.92. The molecule has 0 aliphatic carbocycles. The average Bonchev–Trinajstić information content (AvgIpc) is 1.05. The predicted octanol–water partition coefficient (Wildman–Crippen LogP) is 25.0. The molecule has 0 aliphatic rings. The summed E-state index contributed by atoms with van der Waals surface area (Å²) in [5.41, 5.74) is 0. The van der Waals surface area contributed by atoms with Crippen LogP contribution >= 0.6 is 15.6 Å². The molecule has 17 nitrogen and oxygen atoms in total. The van der Waals surface area contributed by atoms with Gasteiger partial charge in [0.1, 0.15) is 19.3 Å². The van der Waals surface area contributed by atoms with Crippen molar-refractivity contribution in [2.45, 2.75) is 463 Å². The van der Waals surface area contributed by atoms with Crippen LogP contribution in [0, 0.1) is 0 Å². The lowest BCUT2D eigenvalue weighted by Crippen LogP contribution is -2.30. The van der Waals surface area contributed by atoms with Crippen molar-refractivity contribution in [1.82, 2.24) is 0 Å². The van der Waals surface area contributed by atoms with Gasteiger partial charge >= 0.3 is 39.5 Å². The number of unbranched alkanes of at least 4 members (excludes halogenated alkanes) is 57. The van der Waals surface area contributed by atoms with Crippen molar-refractivity contribution < 1.29 is 80.2 Å². The molecule has 5 atom stereocenters. The fraction of sp³-hybridized carbons (Fsp3) is 0.951. The van der Waals surface area contributed by atoms with Gasteiger partial charge in [0.05, 0.1) is 26.4 Å². The van der Waals surface area contributed by atoms with Crippen molar-refractivity contribution in [1.29, 1.82) is 0 Å². The van der Waals surface area contributed by atoms with E-state index in [1.807, 2.05) is 0 Å². The number of carbonyl (C=O) groups is 4. The highest BCUT2D eigenvalue weighted by molar-refractivity contribution is 7.47. The zero-order valence-corrected chi connectivity index (χ0v) is 67.7. The maximum Gasteiger partial charge on any atom is 0.472 e. The lowest BCUT2D eigenvalue weighted by Gasteiger charge is -2.21. The molecular formula is C82H160O17P2. The summed E-state index contributed by atoms with van der Waals surface area (Å²) in [6.07, 6.45) is 69.5. The number of ether oxygens (including phenoxy) is 4. The fourth-order valence-corrected chi connectivity index (χ4v) is 14.4. The van der Waals surface area contributed by atoms with Crippen molar-refractivity contribution in [2.24, 2.45) is 0 Å². The zero-order chi connectivity index (χ0) is 73.9. The van der Waals surface area contributed by atoms with Crippen molar-refractivity contribution >= 4 is 39.5 Å². The molecule has 0 aromatic carbocycles. The maximum atomic E-state index is 13.1. The normalized spacial score (nSPS) is 13.8. The smallest absolute Gasteiger partial charge is 0.462 e. The van der Waals surface area contributed by atoms with Crippen LogP contribution in [0.5, 0.6) is 0 Å². The summed E-state index contributed by atoms with van der Waals surface area (Å²) in [5, 5.41) is 10.6. The Kier molecular flexibility index (Phi) is 74.8. The summed E-state index contributed by atoms with van der Waals surface area (Å²) >= 11 is 0. The monoisotopic (exact) mass is 1480 g/mol. The van der Waals surface area contributed by atoms with Gasteiger partial charge in [0.15, 0.2) is 12.2 Å². The van der Waals surface area contributed by atoms with Crippen LogP contribution in [-0.4, -0.2) is 96.7 Å². The third-order valence-corrected chi connectivity index (χ3v) is 21.3. The van der Waals surface area contributed by atoms with Gasteiger partial charge in [-0.2, -0.15) is 0 Å². The van der Waals surface area contributed by atoms with Crippen molar-refractivity contribution in [3.63, 3.8) is 0 Å². The molecule has 0 radical (unpaired) electrons. The van der Waals surface area contributed by atoms with Crippen molar-refractivity contribution in [3.8, 4) is 0 Å². The first kappa shape index (κ1) is 99.1. The number of rotatable bonds is 83. The zero-order valence-electron chi connectivity index (χ0n) is 65.9. The van der Waals surface area contributed by atoms with Gasteiger partial charge in [-0.25, -0.2) is 9.13 Å². The van der Waals surface area contributed by atoms with Crippen LogP contribution < -0.4 is 0 Å². The molecule has 0 aromatic rings. The molecule has 2 unspecified atom stereocenters. The number of phosphoric ester groups is 2. The standard InChI is InChI=1S/C82H160O17P2/c1-5-9-13-17-21-25-28-31-34-37-40-42-45-48-51-55-59-63-67-80(85)93-73-78(99-82(87)69-65-61-57-53-50-47-44-41-38-35-32-29-26-22-18-14-10-6-2)75-97-101(90,91)95-71-76(83)70-94-100(88,89)96-74-77(72-92-79(84)66-62-58-54-24-20-16-12-8-4)98-81(86)68-64-60-56-52-49-46-43-39-36-33-30-27-23-19-15-11-7-3/h76-78,83H,5-75H2,1-4H3,(H,88,89)(H,90,91)/t76-,77+,78+/m0/s1. The van der Waals surface area contributed by atoms with Crippen LogP contribution in [0.3, 0.4) is 0 Å². The molecule has 0 saturated carbocycles. The van der Waals surface area contributed by atoms with E-state index in [0.717, 1.165) is 89.9 Å². The summed E-state index contributed by atoms with van der Waals surface area (Å²) in [5.74, 6) is -2.10. The second kappa shape index (κ2) is 76.3. The Morgan fingerprint density at radius 3 is 0.584 bits per heavy atom. The summed E-state index contributed by atoms with van der Waals surface area (Å²) < 4.78 is 68.7. The topological polar surface area (TPSA) is 237 Å². The minimum absolute atomic E-state index is 0.109. The Hall–Kier alpha value is -1.94. The van der Waals surface area contributed by atoms with Gasteiger partial charge in [-0.05, 0) is 25.7 Å². The van der Waals surface area contributed by atoms with E-state index in [1.165, 1.54) is 276 Å². The largest absolute Gasteiger partial charge is 0.472 e. The van der Waals surface area contributed by atoms with Gasteiger partial charge in [0.2, 0.25) is 0 Å². The molecule has 0 spiro atoms. The average molecular weight is 1480 g/mol. The fourth-order valence-electron chi connectivity index (χ4n) is 12.8. The van der Waals surface area contributed by atoms with E-state index in [0.29, 0.717) is 25.7 Å². The quantitative estimate of drug-likeness (QED) is 0.0222. The Bertz CT molecular complexity index is 1910. The van der Waals surface area contributed by atoms with Crippen LogP contribution in [0.15, 0.2) is 0 Å². The van der Waals surface area contributed by atoms with Crippen LogP contribution in [0.4, 0.5) is 0 Å². The molecule has 0 saturated heterocycles. The first-order valence-corrected chi connectivity index (χ1v) is 45.8. The minimum Gasteiger partial charge on any atom is -0.462 e. The number of phosphoric acid groups is 2. The summed E-state index contributed by atoms with van der Waals surface area (Å²) in [4.78, 5) is 73.0. The highest BCUT2D eigenvalue weighted by Crippen LogP contribution is 2.45. The first-order valence-electron chi connectivity index (χ1n) is 42.8. The second-order valence-electron chi connectivity index (χ2n) is 29.5. The summed E-state index contributed by atoms with van der Waals surface area (Å²) in [6.45, 7) is 5.01. The molecule has 101 heavy (non-hydrogen) atoms. The number of esters is 4. The van der Waals surface area contributed by atoms with E-state index < -0.39 is 97.5 Å². The highest BCUT2D eigenvalue weighted by Gasteiger charge is 2.30. The number of hydrogen-bond donors (Lipinski definition) is 3. The minimum atomic E-state index is -4.96. The number of carbonyl (C=O) groups excluding carboxylic acids is 4. The van der Waals surface area contributed by atoms with Crippen LogP contribution in [-0.2, 0) is 65.4 Å². The molecule has 0 aliphatic heterocycles. The molecule has 3 N–H and O–H groups in total. The molecule has 0 bridgehead atoms. The van der Waals surface area contributed by atoms with E-state index in [2.05, 4.69) is 27.7 Å². The molecule has 0 amide bonds. The van der Waals surface area contributed by atoms with E-state index in [-0.39, 0.29) is 25.7 Å². The summed E-state index contributed by atoms with van der Waals surface area (Å²) in [6, 6.07) is 0. The maximum absolute atomic E-state index is 13.1. The Balaban J connectivity index is 5.19. The molecule has 0 aromatic heterocycles. The van der Waals surface area contributed by atoms with E-state index in [4.69, 9.17) is 37.0 Å². The van der Waals surface area contributed by atoms with Gasteiger partial charge in [0.25, 0.3) is 0 Å². The molecule has 0 heterocycles.